The van der Waals surface area contributed by atoms with Gasteiger partial charge in [0, 0.05) is 18.1 Å². The Bertz CT molecular complexity index is 940. The number of hydrogen-bond donors (Lipinski definition) is 1. The summed E-state index contributed by atoms with van der Waals surface area (Å²) in [6, 6.07) is 13.7. The molecule has 0 aliphatic heterocycles. The average Bonchev–Trinajstić information content (AvgIpc) is 3.15. The number of sulfonamides is 1. The van der Waals surface area contributed by atoms with E-state index in [1.807, 2.05) is 12.3 Å². The molecule has 0 atom stereocenters. The molecule has 0 aliphatic carbocycles. The lowest BCUT2D eigenvalue weighted by Gasteiger charge is -2.12. The highest BCUT2D eigenvalue weighted by atomic mass is 32.2. The Balaban J connectivity index is 1.66. The van der Waals surface area contributed by atoms with Crippen molar-refractivity contribution in [1.82, 2.24) is 9.71 Å². The summed E-state index contributed by atoms with van der Waals surface area (Å²) in [6.07, 6.45) is 1.67. The van der Waals surface area contributed by atoms with Crippen molar-refractivity contribution in [2.24, 2.45) is 0 Å². The van der Waals surface area contributed by atoms with E-state index in [2.05, 4.69) is 9.71 Å². The highest BCUT2D eigenvalue weighted by Crippen LogP contribution is 2.25. The van der Waals surface area contributed by atoms with Gasteiger partial charge < -0.3 is 9.47 Å². The van der Waals surface area contributed by atoms with Gasteiger partial charge in [-0.05, 0) is 36.8 Å². The number of nitrogens with zero attached hydrogens (tertiary/aromatic N) is 1. The van der Waals surface area contributed by atoms with Crippen molar-refractivity contribution in [1.29, 1.82) is 0 Å². The third-order valence-electron chi connectivity index (χ3n) is 3.44. The Hall–Kier alpha value is -2.42. The first-order valence-electron chi connectivity index (χ1n) is 7.96. The summed E-state index contributed by atoms with van der Waals surface area (Å²) in [5, 5.41) is 2.39. The third kappa shape index (κ3) is 4.60. The number of thiazole rings is 1. The van der Waals surface area contributed by atoms with Crippen molar-refractivity contribution in [2.45, 2.75) is 18.4 Å². The van der Waals surface area contributed by atoms with Gasteiger partial charge in [0.05, 0.1) is 6.61 Å². The minimum absolute atomic E-state index is 0.130. The number of para-hydroxylation sites is 1. The molecule has 1 N–H and O–H groups in total. The molecule has 1 aromatic heterocycles. The fraction of sp³-hybridized carbons (Fsp3) is 0.167. The van der Waals surface area contributed by atoms with Crippen LogP contribution in [0, 0.1) is 0 Å². The zero-order chi connectivity index (χ0) is 18.4. The van der Waals surface area contributed by atoms with Crippen molar-refractivity contribution in [3.8, 4) is 16.7 Å². The first-order valence-corrected chi connectivity index (χ1v) is 10.3. The molecule has 0 bridgehead atoms. The molecule has 0 saturated heterocycles. The minimum Gasteiger partial charge on any atom is -0.492 e. The van der Waals surface area contributed by atoms with Gasteiger partial charge in [-0.1, -0.05) is 35.6 Å². The van der Waals surface area contributed by atoms with Gasteiger partial charge in [0.15, 0.2) is 0 Å². The zero-order valence-corrected chi connectivity index (χ0v) is 15.7. The number of nitrogens with one attached hydrogen (secondary N) is 1. The van der Waals surface area contributed by atoms with E-state index in [1.54, 1.807) is 48.7 Å². The second-order valence-corrected chi connectivity index (χ2v) is 7.84. The SMILES string of the molecule is CCOc1ccccc1S(=O)(=O)NCc1ccc(Oc2nccs2)cc1. The van der Waals surface area contributed by atoms with Crippen molar-refractivity contribution in [3.63, 3.8) is 0 Å². The number of aromatic nitrogens is 1. The first-order chi connectivity index (χ1) is 12.6. The second-order valence-electron chi connectivity index (χ2n) is 5.25. The monoisotopic (exact) mass is 390 g/mol. The lowest BCUT2D eigenvalue weighted by Crippen LogP contribution is -2.23. The molecule has 8 heteroatoms. The van der Waals surface area contributed by atoms with E-state index in [-0.39, 0.29) is 11.4 Å². The maximum absolute atomic E-state index is 12.6. The fourth-order valence-electron chi connectivity index (χ4n) is 2.24. The summed E-state index contributed by atoms with van der Waals surface area (Å²) >= 11 is 1.40. The predicted molar refractivity (Wildman–Crippen MR) is 100 cm³/mol. The molecule has 0 saturated carbocycles. The third-order valence-corrected chi connectivity index (χ3v) is 5.53. The van der Waals surface area contributed by atoms with Gasteiger partial charge in [-0.15, -0.1) is 0 Å². The summed E-state index contributed by atoms with van der Waals surface area (Å²) in [7, 11) is -3.68. The van der Waals surface area contributed by atoms with Crippen LogP contribution in [-0.2, 0) is 16.6 Å². The van der Waals surface area contributed by atoms with Crippen molar-refractivity contribution in [3.05, 3.63) is 65.7 Å². The first kappa shape index (κ1) is 18.4. The molecule has 0 fully saturated rings. The van der Waals surface area contributed by atoms with Gasteiger partial charge in [-0.3, -0.25) is 0 Å². The van der Waals surface area contributed by atoms with Gasteiger partial charge >= 0.3 is 0 Å². The van der Waals surface area contributed by atoms with E-state index in [4.69, 9.17) is 9.47 Å². The molecule has 0 aliphatic rings. The highest BCUT2D eigenvalue weighted by Gasteiger charge is 2.18. The van der Waals surface area contributed by atoms with E-state index >= 15 is 0 Å². The molecule has 1 heterocycles. The van der Waals surface area contributed by atoms with Crippen LogP contribution in [0.25, 0.3) is 0 Å². The summed E-state index contributed by atoms with van der Waals surface area (Å²) in [6.45, 7) is 2.37. The standard InChI is InChI=1S/C18H18N2O4S2/c1-2-23-16-5-3-4-6-17(16)26(21,22)20-13-14-7-9-15(10-8-14)24-18-19-11-12-25-18/h3-12,20H,2,13H2,1H3. The van der Waals surface area contributed by atoms with E-state index in [0.29, 0.717) is 23.3 Å². The normalized spacial score (nSPS) is 11.3. The Morgan fingerprint density at radius 1 is 1.12 bits per heavy atom. The summed E-state index contributed by atoms with van der Waals surface area (Å²) in [5.41, 5.74) is 0.814. The number of rotatable bonds is 8. The van der Waals surface area contributed by atoms with E-state index < -0.39 is 10.0 Å². The Morgan fingerprint density at radius 3 is 2.58 bits per heavy atom. The molecule has 6 nitrogen and oxygen atoms in total. The maximum Gasteiger partial charge on any atom is 0.278 e. The molecule has 2 aromatic carbocycles. The molecular formula is C18H18N2O4S2. The Morgan fingerprint density at radius 2 is 1.88 bits per heavy atom. The molecule has 3 rings (SSSR count). The van der Waals surface area contributed by atoms with E-state index in [1.165, 1.54) is 17.4 Å². The van der Waals surface area contributed by atoms with Crippen LogP contribution in [0.5, 0.6) is 16.7 Å². The number of hydrogen-bond acceptors (Lipinski definition) is 6. The van der Waals surface area contributed by atoms with Crippen LogP contribution in [-0.4, -0.2) is 20.0 Å². The van der Waals surface area contributed by atoms with Crippen LogP contribution in [0.4, 0.5) is 0 Å². The number of benzene rings is 2. The van der Waals surface area contributed by atoms with Crippen LogP contribution < -0.4 is 14.2 Å². The lowest BCUT2D eigenvalue weighted by atomic mass is 10.2. The lowest BCUT2D eigenvalue weighted by molar-refractivity contribution is 0.331. The van der Waals surface area contributed by atoms with E-state index in [9.17, 15) is 8.42 Å². The smallest absolute Gasteiger partial charge is 0.278 e. The summed E-state index contributed by atoms with van der Waals surface area (Å²) < 4.78 is 38.7. The summed E-state index contributed by atoms with van der Waals surface area (Å²) in [4.78, 5) is 4.18. The summed E-state index contributed by atoms with van der Waals surface area (Å²) in [5.74, 6) is 0.989. The van der Waals surface area contributed by atoms with Crippen molar-refractivity contribution in [2.75, 3.05) is 6.61 Å². The van der Waals surface area contributed by atoms with E-state index in [0.717, 1.165) is 5.56 Å². The van der Waals surface area contributed by atoms with Gasteiger partial charge in [0.1, 0.15) is 16.4 Å². The van der Waals surface area contributed by atoms with Crippen molar-refractivity contribution < 1.29 is 17.9 Å². The van der Waals surface area contributed by atoms with Crippen molar-refractivity contribution >= 4 is 21.4 Å². The zero-order valence-electron chi connectivity index (χ0n) is 14.1. The van der Waals surface area contributed by atoms with Crippen LogP contribution >= 0.6 is 11.3 Å². The average molecular weight is 390 g/mol. The quantitative estimate of drug-likeness (QED) is 0.633. The fourth-order valence-corrected chi connectivity index (χ4v) is 3.91. The topological polar surface area (TPSA) is 77.5 Å². The van der Waals surface area contributed by atoms with Crippen LogP contribution in [0.15, 0.2) is 65.0 Å². The predicted octanol–water partition coefficient (Wildman–Crippen LogP) is 3.81. The highest BCUT2D eigenvalue weighted by molar-refractivity contribution is 7.89. The molecule has 0 spiro atoms. The molecule has 136 valence electrons. The Labute approximate surface area is 156 Å². The molecule has 0 amide bonds. The van der Waals surface area contributed by atoms with Gasteiger partial charge in [0.25, 0.3) is 5.19 Å². The van der Waals surface area contributed by atoms with Crippen LogP contribution in [0.3, 0.4) is 0 Å². The van der Waals surface area contributed by atoms with Gasteiger partial charge in [-0.25, -0.2) is 18.1 Å². The van der Waals surface area contributed by atoms with Gasteiger partial charge in [-0.2, -0.15) is 0 Å². The van der Waals surface area contributed by atoms with Crippen LogP contribution in [0.2, 0.25) is 0 Å². The van der Waals surface area contributed by atoms with Gasteiger partial charge in [0.2, 0.25) is 10.0 Å². The Kier molecular flexibility index (Phi) is 5.87. The molecule has 26 heavy (non-hydrogen) atoms. The molecule has 0 unspecified atom stereocenters. The minimum atomic E-state index is -3.68. The molecule has 3 aromatic rings. The largest absolute Gasteiger partial charge is 0.492 e. The number of ether oxygens (including phenoxy) is 2. The molecule has 0 radical (unpaired) electrons. The second kappa shape index (κ2) is 8.31. The maximum atomic E-state index is 12.6. The van der Waals surface area contributed by atoms with Crippen LogP contribution in [0.1, 0.15) is 12.5 Å². The molecular weight excluding hydrogens is 372 g/mol.